The fraction of sp³-hybridized carbons (Fsp3) is 0.579. The van der Waals surface area contributed by atoms with Gasteiger partial charge in [0.05, 0.1) is 22.5 Å². The third-order valence-corrected chi connectivity index (χ3v) is 5.47. The number of hydrogen-bond acceptors (Lipinski definition) is 4. The molecular weight excluding hydrogens is 344 g/mol. The van der Waals surface area contributed by atoms with Gasteiger partial charge in [0.15, 0.2) is 0 Å². The zero-order valence-electron chi connectivity index (χ0n) is 16.2. The van der Waals surface area contributed by atoms with Gasteiger partial charge < -0.3 is 9.80 Å². The molecule has 0 aromatic carbocycles. The lowest BCUT2D eigenvalue weighted by molar-refractivity contribution is 0.0717. The van der Waals surface area contributed by atoms with E-state index in [4.69, 9.17) is 0 Å². The maximum atomic E-state index is 13.1. The van der Waals surface area contributed by atoms with Crippen molar-refractivity contribution in [2.24, 2.45) is 7.05 Å². The molecule has 2 aromatic heterocycles. The van der Waals surface area contributed by atoms with Gasteiger partial charge in [-0.2, -0.15) is 10.2 Å². The summed E-state index contributed by atoms with van der Waals surface area (Å²) in [6, 6.07) is 0. The highest BCUT2D eigenvalue weighted by Crippen LogP contribution is 2.41. The highest BCUT2D eigenvalue weighted by Gasteiger charge is 2.34. The van der Waals surface area contributed by atoms with Crippen LogP contribution in [0.4, 0.5) is 0 Å². The van der Waals surface area contributed by atoms with Crippen molar-refractivity contribution < 1.29 is 9.59 Å². The van der Waals surface area contributed by atoms with Crippen LogP contribution >= 0.6 is 0 Å². The normalized spacial score (nSPS) is 17.9. The number of amides is 2. The maximum absolute atomic E-state index is 13.1. The van der Waals surface area contributed by atoms with Crippen LogP contribution in [0.5, 0.6) is 0 Å². The molecule has 2 amide bonds. The standard InChI is InChI=1S/C19H26N6O2/c1-12-15(11-23(3)22-12)18(26)24-7-4-8-25(10-9-24)19(27)16-13(2)20-21-17(16)14-5-6-14/h11,14H,4-10H2,1-3H3,(H,20,21). The van der Waals surface area contributed by atoms with Gasteiger partial charge in [-0.1, -0.05) is 0 Å². The fourth-order valence-electron chi connectivity index (χ4n) is 3.83. The number of hydrogen-bond donors (Lipinski definition) is 1. The van der Waals surface area contributed by atoms with E-state index in [0.717, 1.165) is 41.9 Å². The predicted molar refractivity (Wildman–Crippen MR) is 99.7 cm³/mol. The number of carbonyl (C=O) groups is 2. The van der Waals surface area contributed by atoms with Crippen molar-refractivity contribution in [1.82, 2.24) is 29.8 Å². The van der Waals surface area contributed by atoms with E-state index in [2.05, 4.69) is 15.3 Å². The summed E-state index contributed by atoms with van der Waals surface area (Å²) in [6.07, 6.45) is 4.75. The van der Waals surface area contributed by atoms with Gasteiger partial charge in [0, 0.05) is 51.0 Å². The van der Waals surface area contributed by atoms with Crippen LogP contribution in [0.25, 0.3) is 0 Å². The Bertz CT molecular complexity index is 879. The molecule has 2 aliphatic rings. The minimum absolute atomic E-state index is 0.00643. The maximum Gasteiger partial charge on any atom is 0.257 e. The van der Waals surface area contributed by atoms with Crippen molar-refractivity contribution in [2.45, 2.75) is 39.0 Å². The summed E-state index contributed by atoms with van der Waals surface area (Å²) in [5.41, 5.74) is 3.87. The summed E-state index contributed by atoms with van der Waals surface area (Å²) in [5, 5.41) is 11.6. The number of nitrogens with one attached hydrogen (secondary N) is 1. The molecule has 3 heterocycles. The molecule has 0 bridgehead atoms. The molecule has 1 saturated carbocycles. The molecule has 1 aliphatic carbocycles. The molecule has 144 valence electrons. The van der Waals surface area contributed by atoms with Crippen LogP contribution in [-0.2, 0) is 7.05 Å². The average molecular weight is 370 g/mol. The van der Waals surface area contributed by atoms with Crippen LogP contribution < -0.4 is 0 Å². The minimum atomic E-state index is -0.00643. The Morgan fingerprint density at radius 1 is 1.07 bits per heavy atom. The summed E-state index contributed by atoms with van der Waals surface area (Å²) in [4.78, 5) is 29.7. The number of aromatic amines is 1. The smallest absolute Gasteiger partial charge is 0.257 e. The van der Waals surface area contributed by atoms with Crippen molar-refractivity contribution in [3.05, 3.63) is 34.4 Å². The van der Waals surface area contributed by atoms with E-state index in [-0.39, 0.29) is 11.8 Å². The van der Waals surface area contributed by atoms with E-state index in [1.807, 2.05) is 30.7 Å². The van der Waals surface area contributed by atoms with Crippen molar-refractivity contribution in [3.8, 4) is 0 Å². The highest BCUT2D eigenvalue weighted by atomic mass is 16.2. The number of nitrogens with zero attached hydrogens (tertiary/aromatic N) is 5. The Morgan fingerprint density at radius 3 is 2.33 bits per heavy atom. The largest absolute Gasteiger partial charge is 0.337 e. The van der Waals surface area contributed by atoms with Crippen molar-refractivity contribution >= 4 is 11.8 Å². The number of carbonyl (C=O) groups excluding carboxylic acids is 2. The molecule has 0 radical (unpaired) electrons. The zero-order valence-corrected chi connectivity index (χ0v) is 16.2. The number of rotatable bonds is 3. The first kappa shape index (κ1) is 17.8. The zero-order chi connectivity index (χ0) is 19.1. The van der Waals surface area contributed by atoms with E-state index in [1.165, 1.54) is 0 Å². The van der Waals surface area contributed by atoms with Gasteiger partial charge in [-0.25, -0.2) is 0 Å². The van der Waals surface area contributed by atoms with Crippen LogP contribution in [0, 0.1) is 13.8 Å². The molecule has 8 nitrogen and oxygen atoms in total. The summed E-state index contributed by atoms with van der Waals surface area (Å²) >= 11 is 0. The van der Waals surface area contributed by atoms with Gasteiger partial charge in [0.2, 0.25) is 0 Å². The molecule has 2 aromatic rings. The second-order valence-electron chi connectivity index (χ2n) is 7.62. The Kier molecular flexibility index (Phi) is 4.49. The van der Waals surface area contributed by atoms with Crippen molar-refractivity contribution in [2.75, 3.05) is 26.2 Å². The predicted octanol–water partition coefficient (Wildman–Crippen LogP) is 1.63. The first-order chi connectivity index (χ1) is 13.0. The average Bonchev–Trinajstić information content (AvgIpc) is 3.38. The van der Waals surface area contributed by atoms with Gasteiger partial charge in [0.25, 0.3) is 11.8 Å². The lowest BCUT2D eigenvalue weighted by atomic mass is 10.1. The second-order valence-corrected chi connectivity index (χ2v) is 7.62. The van der Waals surface area contributed by atoms with E-state index < -0.39 is 0 Å². The van der Waals surface area contributed by atoms with Gasteiger partial charge in [-0.3, -0.25) is 19.4 Å². The Balaban J connectivity index is 1.47. The number of aromatic nitrogens is 4. The molecule has 27 heavy (non-hydrogen) atoms. The molecule has 8 heteroatoms. The summed E-state index contributed by atoms with van der Waals surface area (Å²) < 4.78 is 1.66. The molecule has 0 atom stereocenters. The molecule has 1 saturated heterocycles. The molecule has 0 unspecified atom stereocenters. The Hall–Kier alpha value is -2.64. The summed E-state index contributed by atoms with van der Waals surface area (Å²) in [6.45, 7) is 6.14. The lowest BCUT2D eigenvalue weighted by Crippen LogP contribution is -2.37. The molecule has 1 aliphatic heterocycles. The van der Waals surface area contributed by atoms with E-state index >= 15 is 0 Å². The first-order valence-electron chi connectivity index (χ1n) is 9.59. The van der Waals surface area contributed by atoms with E-state index in [0.29, 0.717) is 37.7 Å². The minimum Gasteiger partial charge on any atom is -0.337 e. The topological polar surface area (TPSA) is 87.1 Å². The molecule has 0 spiro atoms. The fourth-order valence-corrected chi connectivity index (χ4v) is 3.83. The summed E-state index contributed by atoms with van der Waals surface area (Å²) in [5.74, 6) is 0.454. The SMILES string of the molecule is Cc1nn(C)cc1C(=O)N1CCCN(C(=O)c2c(C3CC3)n[nH]c2C)CC1. The van der Waals surface area contributed by atoms with Crippen molar-refractivity contribution in [3.63, 3.8) is 0 Å². The first-order valence-corrected chi connectivity index (χ1v) is 9.59. The van der Waals surface area contributed by atoms with Gasteiger partial charge in [0.1, 0.15) is 0 Å². The van der Waals surface area contributed by atoms with Gasteiger partial charge >= 0.3 is 0 Å². The molecular formula is C19H26N6O2. The molecule has 4 rings (SSSR count). The summed E-state index contributed by atoms with van der Waals surface area (Å²) in [7, 11) is 1.82. The Morgan fingerprint density at radius 2 is 1.74 bits per heavy atom. The molecule has 2 fully saturated rings. The second kappa shape index (κ2) is 6.83. The van der Waals surface area contributed by atoms with Crippen LogP contribution in [0.3, 0.4) is 0 Å². The van der Waals surface area contributed by atoms with Crippen LogP contribution in [-0.4, -0.2) is 67.8 Å². The highest BCUT2D eigenvalue weighted by molar-refractivity contribution is 5.97. The monoisotopic (exact) mass is 370 g/mol. The molecule has 1 N–H and O–H groups in total. The third kappa shape index (κ3) is 3.36. The van der Waals surface area contributed by atoms with Crippen LogP contribution in [0.2, 0.25) is 0 Å². The number of aryl methyl sites for hydroxylation is 3. The van der Waals surface area contributed by atoms with E-state index in [9.17, 15) is 9.59 Å². The third-order valence-electron chi connectivity index (χ3n) is 5.47. The number of H-pyrrole nitrogens is 1. The van der Waals surface area contributed by atoms with Crippen LogP contribution in [0.1, 0.15) is 63.0 Å². The van der Waals surface area contributed by atoms with Gasteiger partial charge in [-0.05, 0) is 33.1 Å². The quantitative estimate of drug-likeness (QED) is 0.889. The van der Waals surface area contributed by atoms with E-state index in [1.54, 1.807) is 10.9 Å². The Labute approximate surface area is 158 Å². The van der Waals surface area contributed by atoms with Crippen molar-refractivity contribution in [1.29, 1.82) is 0 Å². The van der Waals surface area contributed by atoms with Gasteiger partial charge in [-0.15, -0.1) is 0 Å². The van der Waals surface area contributed by atoms with Crippen LogP contribution in [0.15, 0.2) is 6.20 Å². The lowest BCUT2D eigenvalue weighted by Gasteiger charge is -2.22.